The fourth-order valence-corrected chi connectivity index (χ4v) is 10.7. The number of carbonyl (C=O) groups is 5. The number of aromatic nitrogens is 21. The summed E-state index contributed by atoms with van der Waals surface area (Å²) in [6, 6.07) is 46.3. The van der Waals surface area contributed by atoms with Gasteiger partial charge in [0.05, 0.1) is 31.8 Å². The van der Waals surface area contributed by atoms with Crippen LogP contribution in [-0.2, 0) is 44.7 Å². The van der Waals surface area contributed by atoms with Gasteiger partial charge in [-0.2, -0.15) is 38.1 Å². The molecule has 39 heteroatoms. The molecule has 10 N–H and O–H groups in total. The second-order valence-corrected chi connectivity index (χ2v) is 24.7. The highest BCUT2D eigenvalue weighted by Crippen LogP contribution is 2.25. The molecule has 114 heavy (non-hydrogen) atoms. The van der Waals surface area contributed by atoms with Crippen LogP contribution in [0.3, 0.4) is 0 Å². The van der Waals surface area contributed by atoms with Gasteiger partial charge >= 0.3 is 6.18 Å². The zero-order valence-corrected chi connectivity index (χ0v) is 61.2. The minimum atomic E-state index is -4.48. The number of hydrogen-bond acceptors (Lipinski definition) is 26. The van der Waals surface area contributed by atoms with Gasteiger partial charge in [-0.25, -0.2) is 4.98 Å². The number of aromatic amines is 5. The summed E-state index contributed by atoms with van der Waals surface area (Å²) < 4.78 is 61.9. The second kappa shape index (κ2) is 42.3. The Morgan fingerprint density at radius 2 is 0.772 bits per heavy atom. The smallest absolute Gasteiger partial charge is 0.411 e. The molecular weight excluding hydrogens is 1480 g/mol. The molecule has 0 saturated heterocycles. The van der Waals surface area contributed by atoms with Crippen LogP contribution >= 0.6 is 0 Å². The SMILES string of the molecule is Cc1oc(-c2ccccc2)nc1C(=O)Nc1n[nH]c(-c2ccccn2)n1.O=C(CCOCc1ccccc1)Nc1n[nH]c(-c2ccccn2)n1.O=C(COC1CCCC1)Nc1n[nH]c(-c2ccccn2)n1.O=C(COC1CCCCC1)Nc1n[nH]c(-c2ccccn2)n1.O=C(COCC(F)(F)F)Nc1n[nH]c(-c2ccccn2)n1. The Morgan fingerprint density at radius 1 is 0.421 bits per heavy atom. The lowest BCUT2D eigenvalue weighted by molar-refractivity contribution is -0.174. The summed E-state index contributed by atoms with van der Waals surface area (Å²) in [5.41, 5.74) is 5.21. The molecule has 13 aromatic rings. The molecule has 2 aliphatic carbocycles. The number of amides is 5. The van der Waals surface area contributed by atoms with Gasteiger partial charge in [0.25, 0.3) is 23.6 Å². The summed E-state index contributed by atoms with van der Waals surface area (Å²) in [6.07, 6.45) is 14.5. The van der Waals surface area contributed by atoms with E-state index in [9.17, 15) is 37.1 Å². The number of anilines is 5. The molecule has 2 fully saturated rings. The Hall–Kier alpha value is -13.9. The minimum absolute atomic E-state index is 0.0398. The first-order valence-corrected chi connectivity index (χ1v) is 35.8. The molecule has 36 nitrogen and oxygen atoms in total. The highest BCUT2D eigenvalue weighted by Gasteiger charge is 2.28. The Balaban J connectivity index is 0.000000141. The molecule has 0 radical (unpaired) electrons. The molecule has 588 valence electrons. The predicted molar refractivity (Wildman–Crippen MR) is 406 cm³/mol. The Bertz CT molecular complexity index is 5070. The highest BCUT2D eigenvalue weighted by atomic mass is 19.4. The third kappa shape index (κ3) is 26.7. The predicted octanol–water partition coefficient (Wildman–Crippen LogP) is 10.8. The van der Waals surface area contributed by atoms with Crippen LogP contribution < -0.4 is 26.6 Å². The molecule has 15 rings (SSSR count). The van der Waals surface area contributed by atoms with Gasteiger partial charge in [-0.15, -0.1) is 25.5 Å². The van der Waals surface area contributed by atoms with Crippen molar-refractivity contribution in [3.05, 3.63) is 200 Å². The number of pyridine rings is 5. The van der Waals surface area contributed by atoms with Crippen LogP contribution in [0.2, 0.25) is 0 Å². The van der Waals surface area contributed by atoms with Crippen molar-refractivity contribution in [1.29, 1.82) is 0 Å². The number of nitrogens with zero attached hydrogens (tertiary/aromatic N) is 16. The van der Waals surface area contributed by atoms with Crippen molar-refractivity contribution in [3.63, 3.8) is 0 Å². The van der Waals surface area contributed by atoms with Crippen LogP contribution in [-0.4, -0.2) is 187 Å². The molecule has 5 amide bonds. The van der Waals surface area contributed by atoms with Gasteiger partial charge in [0.2, 0.25) is 41.5 Å². The van der Waals surface area contributed by atoms with E-state index in [1.165, 1.54) is 32.1 Å². The monoisotopic (exact) mass is 1560 g/mol. The average Bonchev–Trinajstić information content (AvgIpc) is 1.68. The fraction of sp³-hybridized carbons (Fsp3) is 0.267. The van der Waals surface area contributed by atoms with Crippen molar-refractivity contribution in [2.75, 3.05) is 59.6 Å². The lowest BCUT2D eigenvalue weighted by Crippen LogP contribution is -2.25. The van der Waals surface area contributed by atoms with E-state index in [4.69, 9.17) is 18.6 Å². The van der Waals surface area contributed by atoms with Crippen molar-refractivity contribution in [3.8, 4) is 69.0 Å². The van der Waals surface area contributed by atoms with Gasteiger partial charge in [-0.05, 0) is 111 Å². The molecule has 0 atom stereocenters. The molecule has 11 heterocycles. The zero-order chi connectivity index (χ0) is 79.5. The number of benzene rings is 2. The number of H-pyrrole nitrogens is 5. The van der Waals surface area contributed by atoms with Crippen molar-refractivity contribution in [2.24, 2.45) is 0 Å². The first-order valence-electron chi connectivity index (χ1n) is 35.8. The summed E-state index contributed by atoms with van der Waals surface area (Å²) in [7, 11) is 0. The summed E-state index contributed by atoms with van der Waals surface area (Å²) in [4.78, 5) is 105. The van der Waals surface area contributed by atoms with Gasteiger partial charge in [-0.3, -0.25) is 101 Å². The van der Waals surface area contributed by atoms with Gasteiger partial charge in [0.15, 0.2) is 34.8 Å². The summed E-state index contributed by atoms with van der Waals surface area (Å²) in [5.74, 6) is 1.97. The third-order valence-corrected chi connectivity index (χ3v) is 16.1. The summed E-state index contributed by atoms with van der Waals surface area (Å²) >= 11 is 0. The lowest BCUT2D eigenvalue weighted by Gasteiger charge is -2.21. The molecule has 2 aliphatic rings. The van der Waals surface area contributed by atoms with Crippen LogP contribution in [0.4, 0.5) is 42.9 Å². The number of ether oxygens (including phenoxy) is 4. The number of rotatable bonds is 26. The number of hydrogen-bond donors (Lipinski definition) is 10. The van der Waals surface area contributed by atoms with Crippen LogP contribution in [0.25, 0.3) is 69.0 Å². The van der Waals surface area contributed by atoms with E-state index in [-0.39, 0.29) is 85.0 Å². The van der Waals surface area contributed by atoms with Crippen LogP contribution in [0, 0.1) is 6.92 Å². The molecule has 0 spiro atoms. The fourth-order valence-electron chi connectivity index (χ4n) is 10.7. The quantitative estimate of drug-likeness (QED) is 0.0225. The van der Waals surface area contributed by atoms with Gasteiger partial charge in [0.1, 0.15) is 60.7 Å². The Kier molecular flexibility index (Phi) is 30.1. The lowest BCUT2D eigenvalue weighted by atomic mass is 9.98. The number of alkyl halides is 3. The van der Waals surface area contributed by atoms with Gasteiger partial charge in [-0.1, -0.05) is 111 Å². The minimum Gasteiger partial charge on any atom is -0.441 e. The molecule has 0 aliphatic heterocycles. The van der Waals surface area contributed by atoms with E-state index in [0.717, 1.165) is 36.8 Å². The van der Waals surface area contributed by atoms with E-state index in [1.54, 1.807) is 68.2 Å². The first kappa shape index (κ1) is 81.1. The summed E-state index contributed by atoms with van der Waals surface area (Å²) in [5, 5.41) is 45.8. The molecule has 2 saturated carbocycles. The standard InChI is InChI=1S/C18H14N6O2.C17H17N5O2.C15H19N5O2.C14H17N5O2.C11H10F3N5O2/c1-11-14(20-17(26-11)12-7-3-2-4-8-12)16(25)22-18-21-15(23-24-18)13-9-5-6-10-19-13;23-15(9-11-24-12-13-6-2-1-3-7-13)19-17-20-16(21-22-17)14-8-4-5-10-18-14;21-13(10-22-11-6-2-1-3-7-11)17-15-18-14(19-20-15)12-8-4-5-9-16-12;20-12(9-21-10-5-1-2-6-10)16-14-17-13(18-19-14)11-7-3-4-8-15-11;12-11(13,14)6-21-5-8(20)16-10-17-9(18-19-10)7-3-1-2-4-15-7/h2-10H,1H3,(H2,21,22,23,24,25);1-8,10H,9,11-12H2,(H2,19,20,21,22,23);4-5,8-9,11H,1-3,6-7,10H2,(H2,17,18,19,20,21);3-4,7-8,10H,1-2,5-6,9H2,(H2,16,17,18,19,20);1-4H,5-6H2,(H2,16,17,18,19,20). The molecule has 0 unspecified atom stereocenters. The van der Waals surface area contributed by atoms with Crippen molar-refractivity contribution in [2.45, 2.75) is 96.1 Å². The van der Waals surface area contributed by atoms with Crippen molar-refractivity contribution >= 4 is 59.3 Å². The third-order valence-electron chi connectivity index (χ3n) is 16.1. The number of aryl methyl sites for hydroxylation is 1. The second-order valence-electron chi connectivity index (χ2n) is 24.7. The molecular formula is C75H77F3N26O10. The van der Waals surface area contributed by atoms with E-state index in [1.807, 2.05) is 121 Å². The Labute approximate surface area is 647 Å². The normalized spacial score (nSPS) is 12.6. The molecule has 2 aromatic carbocycles. The van der Waals surface area contributed by atoms with E-state index >= 15 is 0 Å². The van der Waals surface area contributed by atoms with Gasteiger partial charge in [0, 0.05) is 36.5 Å². The van der Waals surface area contributed by atoms with Crippen molar-refractivity contribution in [1.82, 2.24) is 106 Å². The zero-order valence-electron chi connectivity index (χ0n) is 61.2. The van der Waals surface area contributed by atoms with Crippen molar-refractivity contribution < 1.29 is 60.5 Å². The molecule has 0 bridgehead atoms. The number of nitrogens with one attached hydrogen (secondary N) is 10. The number of oxazole rings is 1. The average molecular weight is 1560 g/mol. The van der Waals surface area contributed by atoms with E-state index in [2.05, 4.69) is 137 Å². The number of carbonyl (C=O) groups excluding carboxylic acids is 5. The number of halogens is 3. The highest BCUT2D eigenvalue weighted by molar-refractivity contribution is 6.03. The van der Waals surface area contributed by atoms with E-state index < -0.39 is 31.2 Å². The van der Waals surface area contributed by atoms with Gasteiger partial charge < -0.3 is 23.4 Å². The summed E-state index contributed by atoms with van der Waals surface area (Å²) in [6.45, 7) is 0.347. The topological polar surface area (TPSA) is 481 Å². The maximum atomic E-state index is 12.5. The van der Waals surface area contributed by atoms with Crippen LogP contribution in [0.15, 0.2) is 187 Å². The van der Waals surface area contributed by atoms with E-state index in [0.29, 0.717) is 82.5 Å². The van der Waals surface area contributed by atoms with Crippen LogP contribution in [0.1, 0.15) is 86.0 Å². The largest absolute Gasteiger partial charge is 0.441 e. The van der Waals surface area contributed by atoms with Crippen LogP contribution in [0.5, 0.6) is 0 Å². The first-order chi connectivity index (χ1) is 55.6. The Morgan fingerprint density at radius 3 is 1.15 bits per heavy atom. The molecule has 11 aromatic heterocycles. The maximum Gasteiger partial charge on any atom is 0.411 e. The maximum absolute atomic E-state index is 12.5.